The molecule has 3 heteroatoms. The smallest absolute Gasteiger partial charge is 0.0583 e. The summed E-state index contributed by atoms with van der Waals surface area (Å²) < 4.78 is 2.09. The molecule has 1 aliphatic carbocycles. The Morgan fingerprint density at radius 1 is 0.833 bits per heavy atom. The van der Waals surface area contributed by atoms with Gasteiger partial charge in [-0.25, -0.2) is 12.1 Å². The minimum Gasteiger partial charge on any atom is -1.00 e. The molecule has 36 heavy (non-hydrogen) atoms. The SMILES string of the molecule is CC(C)(C)c1c[c-]c2c(c1)-c1cc(C(C)(C)C)ccc1C2.C[CH]=[Zr+2].Cc1ccc[c-]1C(C)(C)C.[Cl-].[Cl-]. The molecule has 4 rings (SSSR count). The summed E-state index contributed by atoms with van der Waals surface area (Å²) in [7, 11) is 0. The quantitative estimate of drug-likeness (QED) is 0.272. The van der Waals surface area contributed by atoms with Crippen molar-refractivity contribution in [1.82, 2.24) is 0 Å². The fraction of sp³-hybridized carbons (Fsp3) is 0.455. The zero-order valence-electron chi connectivity index (χ0n) is 24.2. The number of hydrogen-bond donors (Lipinski definition) is 0. The van der Waals surface area contributed by atoms with Gasteiger partial charge in [-0.05, 0) is 17.4 Å². The number of halogens is 2. The molecule has 0 heterocycles. The minimum atomic E-state index is 0. The van der Waals surface area contributed by atoms with Crippen LogP contribution in [0.5, 0.6) is 0 Å². The first kappa shape index (κ1) is 35.1. The van der Waals surface area contributed by atoms with Gasteiger partial charge in [0.1, 0.15) is 0 Å². The van der Waals surface area contributed by atoms with Crippen molar-refractivity contribution in [3.63, 3.8) is 0 Å². The van der Waals surface area contributed by atoms with Crippen LogP contribution in [0.2, 0.25) is 0 Å². The summed E-state index contributed by atoms with van der Waals surface area (Å²) in [5, 5.41) is 0. The van der Waals surface area contributed by atoms with Gasteiger partial charge in [0.2, 0.25) is 0 Å². The molecule has 0 N–H and O–H groups in total. The summed E-state index contributed by atoms with van der Waals surface area (Å²) in [5.41, 5.74) is 11.9. The average molecular weight is 603 g/mol. The summed E-state index contributed by atoms with van der Waals surface area (Å²) in [6.07, 6.45) is 1.03. The van der Waals surface area contributed by atoms with Crippen molar-refractivity contribution in [1.29, 1.82) is 0 Å². The van der Waals surface area contributed by atoms with E-state index < -0.39 is 0 Å². The van der Waals surface area contributed by atoms with E-state index in [4.69, 9.17) is 0 Å². The molecule has 0 saturated heterocycles. The Balaban J connectivity index is 0.000000692. The Bertz CT molecular complexity index is 1050. The van der Waals surface area contributed by atoms with E-state index in [0.29, 0.717) is 5.41 Å². The van der Waals surface area contributed by atoms with E-state index in [9.17, 15) is 0 Å². The van der Waals surface area contributed by atoms with Gasteiger partial charge in [-0.3, -0.25) is 0 Å². The molecule has 3 aromatic rings. The predicted molar refractivity (Wildman–Crippen MR) is 148 cm³/mol. The molecule has 0 bridgehead atoms. The Kier molecular flexibility index (Phi) is 13.4. The van der Waals surface area contributed by atoms with Gasteiger partial charge in [0.15, 0.2) is 0 Å². The van der Waals surface area contributed by atoms with Gasteiger partial charge in [0.05, 0.1) is 0 Å². The van der Waals surface area contributed by atoms with Crippen LogP contribution in [-0.4, -0.2) is 3.71 Å². The van der Waals surface area contributed by atoms with Gasteiger partial charge in [0.25, 0.3) is 0 Å². The summed E-state index contributed by atoms with van der Waals surface area (Å²) in [6.45, 7) is 24.6. The van der Waals surface area contributed by atoms with Crippen molar-refractivity contribution < 1.29 is 49.0 Å². The van der Waals surface area contributed by atoms with Gasteiger partial charge < -0.3 is 24.8 Å². The predicted octanol–water partition coefficient (Wildman–Crippen LogP) is 3.03. The second-order valence-corrected chi connectivity index (χ2v) is 13.9. The third-order valence-corrected chi connectivity index (χ3v) is 6.37. The zero-order valence-corrected chi connectivity index (χ0v) is 28.1. The molecule has 0 atom stereocenters. The summed E-state index contributed by atoms with van der Waals surface area (Å²) in [6, 6.07) is 21.6. The minimum absolute atomic E-state index is 0. The fourth-order valence-electron chi connectivity index (χ4n) is 4.34. The van der Waals surface area contributed by atoms with Crippen molar-refractivity contribution in [3.05, 3.63) is 88.0 Å². The van der Waals surface area contributed by atoms with E-state index in [1.807, 2.05) is 6.92 Å². The van der Waals surface area contributed by atoms with Crippen molar-refractivity contribution in [2.75, 3.05) is 0 Å². The topological polar surface area (TPSA) is 0 Å². The van der Waals surface area contributed by atoms with Gasteiger partial charge in [-0.15, -0.1) is 11.1 Å². The molecule has 3 aromatic carbocycles. The van der Waals surface area contributed by atoms with E-state index in [1.54, 1.807) is 0 Å². The standard InChI is InChI=1S/C21H25.C10H15.C2H4.2ClH.Zr/c1-20(2,3)16-9-7-14-11-15-8-10-17(21(4,5)6)13-19(15)18(14)12-16;1-8-6-5-7-9(8)10(2,3)4;1-2;;;/h7,9-10,12-13H,11H2,1-6H3;5-7H,1-4H3;1H,2H3;2*1H;/q2*-1;;;;+2/p-2. The molecule has 0 nitrogen and oxygen atoms in total. The molecule has 1 aliphatic rings. The van der Waals surface area contributed by atoms with Crippen LogP contribution in [0.3, 0.4) is 0 Å². The third-order valence-electron chi connectivity index (χ3n) is 6.37. The van der Waals surface area contributed by atoms with Crippen LogP contribution >= 0.6 is 0 Å². The van der Waals surface area contributed by atoms with Crippen LogP contribution in [-0.2, 0) is 46.9 Å². The molecule has 0 aromatic heterocycles. The van der Waals surface area contributed by atoms with Crippen LogP contribution in [0, 0.1) is 13.0 Å². The van der Waals surface area contributed by atoms with Crippen molar-refractivity contribution in [2.45, 2.75) is 98.8 Å². The van der Waals surface area contributed by atoms with E-state index in [-0.39, 0.29) is 35.6 Å². The van der Waals surface area contributed by atoms with Gasteiger partial charge in [-0.2, -0.15) is 41.0 Å². The van der Waals surface area contributed by atoms with Crippen molar-refractivity contribution >= 4 is 3.71 Å². The largest absolute Gasteiger partial charge is 1.00 e. The van der Waals surface area contributed by atoms with Crippen molar-refractivity contribution in [2.24, 2.45) is 0 Å². The van der Waals surface area contributed by atoms with Crippen LogP contribution in [0.15, 0.2) is 48.5 Å². The molecule has 0 saturated carbocycles. The number of fused-ring (bicyclic) bond motifs is 3. The number of aryl methyl sites for hydroxylation is 1. The molecule has 196 valence electrons. The molecule has 0 spiro atoms. The van der Waals surface area contributed by atoms with E-state index >= 15 is 0 Å². The molecular formula is C33H44Cl2Zr-2. The zero-order chi connectivity index (χ0) is 25.9. The van der Waals surface area contributed by atoms with E-state index in [0.717, 1.165) is 6.42 Å². The number of hydrogen-bond acceptors (Lipinski definition) is 0. The molecule has 0 fully saturated rings. The molecular weight excluding hydrogens is 558 g/mol. The van der Waals surface area contributed by atoms with Crippen molar-refractivity contribution in [3.8, 4) is 11.1 Å². The summed E-state index contributed by atoms with van der Waals surface area (Å²) in [4.78, 5) is 0. The summed E-state index contributed by atoms with van der Waals surface area (Å²) >= 11 is 1.51. The maximum absolute atomic E-state index is 3.53. The first-order valence-corrected chi connectivity index (χ1v) is 13.9. The van der Waals surface area contributed by atoms with Crippen LogP contribution < -0.4 is 24.8 Å². The van der Waals surface area contributed by atoms with Gasteiger partial charge >= 0.3 is 34.9 Å². The fourth-order valence-corrected chi connectivity index (χ4v) is 4.34. The summed E-state index contributed by atoms with van der Waals surface area (Å²) in [5.74, 6) is 0. The molecule has 0 unspecified atom stereocenters. The average Bonchev–Trinajstić information content (AvgIpc) is 3.30. The Labute approximate surface area is 249 Å². The first-order chi connectivity index (χ1) is 15.6. The Hall–Kier alpha value is -0.877. The molecule has 0 amide bonds. The van der Waals surface area contributed by atoms with E-state index in [1.165, 1.54) is 68.7 Å². The Morgan fingerprint density at radius 3 is 1.78 bits per heavy atom. The Morgan fingerprint density at radius 2 is 1.36 bits per heavy atom. The molecule has 0 radical (unpaired) electrons. The van der Waals surface area contributed by atoms with Gasteiger partial charge in [0, 0.05) is 0 Å². The maximum Gasteiger partial charge on any atom is -0.0583 e. The third kappa shape index (κ3) is 9.15. The normalized spacial score (nSPS) is 11.9. The monoisotopic (exact) mass is 600 g/mol. The number of rotatable bonds is 0. The van der Waals surface area contributed by atoms with E-state index in [2.05, 4.69) is 128 Å². The first-order valence-electron chi connectivity index (χ1n) is 12.5. The van der Waals surface area contributed by atoms with Crippen LogP contribution in [0.1, 0.15) is 103 Å². The second kappa shape index (κ2) is 13.8. The van der Waals surface area contributed by atoms with Gasteiger partial charge in [-0.1, -0.05) is 109 Å². The number of benzene rings is 2. The van der Waals surface area contributed by atoms with Crippen LogP contribution in [0.25, 0.3) is 11.1 Å². The van der Waals surface area contributed by atoms with Crippen LogP contribution in [0.4, 0.5) is 0 Å². The maximum atomic E-state index is 3.53. The second-order valence-electron chi connectivity index (χ2n) is 12.5. The molecule has 0 aliphatic heterocycles.